The zero-order valence-corrected chi connectivity index (χ0v) is 25.7. The van der Waals surface area contributed by atoms with Crippen molar-refractivity contribution in [3.63, 3.8) is 0 Å². The average Bonchev–Trinajstić information content (AvgIpc) is 3.76. The molecule has 5 rings (SSSR count). The van der Waals surface area contributed by atoms with Crippen molar-refractivity contribution >= 4 is 17.7 Å². The number of rotatable bonds is 11. The summed E-state index contributed by atoms with van der Waals surface area (Å²) in [5.41, 5.74) is -8.02. The molecule has 0 radical (unpaired) electrons. The van der Waals surface area contributed by atoms with Crippen LogP contribution in [0.3, 0.4) is 0 Å². The third kappa shape index (κ3) is 3.90. The average molecular weight is 593 g/mol. The van der Waals surface area contributed by atoms with E-state index in [1.165, 1.54) is 13.0 Å². The lowest BCUT2D eigenvalue weighted by Crippen LogP contribution is -2.69. The number of ether oxygens (including phenoxy) is 3. The Bertz CT molecular complexity index is 1160. The Morgan fingerprint density at radius 3 is 2.19 bits per heavy atom. The zero-order valence-electron chi connectivity index (χ0n) is 25.7. The number of aliphatic hydroxyl groups excluding tert-OH is 2. The standard InChI is InChI=1S/C32H48O10/c1-7-9-11-13-20(34)40-25-18(4)30(38)19-15-17(3)24(36)31(19,39)27(37)29(16-33)26(42-29)22(30)23-28(5,6)32(23,25)41-21(35)14-12-10-8-2/h15,18-19,22-23,25-27,33,37-39H,7-14,16H2,1-6H3/t18-,19+,22-,23-,25-,26+,27-,29+,30+,31-,32-/m1/s1. The second-order valence-electron chi connectivity index (χ2n) is 14.0. The summed E-state index contributed by atoms with van der Waals surface area (Å²) < 4.78 is 18.5. The maximum atomic E-state index is 13.4. The molecule has 0 amide bonds. The number of unbranched alkanes of at least 4 members (excludes halogenated alkanes) is 4. The molecule has 0 bridgehead atoms. The monoisotopic (exact) mass is 592 g/mol. The fourth-order valence-electron chi connectivity index (χ4n) is 9.15. The third-order valence-corrected chi connectivity index (χ3v) is 11.5. The number of hydrogen-bond acceptors (Lipinski definition) is 10. The summed E-state index contributed by atoms with van der Waals surface area (Å²) in [7, 11) is 0. The molecule has 236 valence electrons. The molecule has 11 atom stereocenters. The minimum Gasteiger partial charge on any atom is -0.458 e. The number of carbonyl (C=O) groups excluding carboxylic acids is 3. The quantitative estimate of drug-likeness (QED) is 0.159. The SMILES string of the molecule is CCCCCC(=O)O[C@@H]1[C@@H](C)[C@@]2(O)[C@H]([C@@H]3C(C)(C)[C@]13OC(=O)CCCCC)[C@@H]1O[C@]1(CO)[C@@H](O)[C@]1(O)C(=O)C(C)=C[C@H]12. The van der Waals surface area contributed by atoms with E-state index in [1.807, 2.05) is 27.7 Å². The lowest BCUT2D eigenvalue weighted by atomic mass is 9.58. The first kappa shape index (κ1) is 31.6. The summed E-state index contributed by atoms with van der Waals surface area (Å²) in [5, 5.41) is 46.9. The van der Waals surface area contributed by atoms with Crippen LogP contribution in [0.15, 0.2) is 11.6 Å². The lowest BCUT2D eigenvalue weighted by Gasteiger charge is -2.53. The van der Waals surface area contributed by atoms with Crippen molar-refractivity contribution < 1.29 is 49.0 Å². The van der Waals surface area contributed by atoms with Gasteiger partial charge in [-0.15, -0.1) is 0 Å². The van der Waals surface area contributed by atoms with E-state index in [-0.39, 0.29) is 18.4 Å². The molecule has 4 aliphatic carbocycles. The lowest BCUT2D eigenvalue weighted by molar-refractivity contribution is -0.245. The van der Waals surface area contributed by atoms with E-state index in [9.17, 15) is 34.8 Å². The zero-order chi connectivity index (χ0) is 31.0. The van der Waals surface area contributed by atoms with Gasteiger partial charge in [0.25, 0.3) is 0 Å². The molecule has 4 N–H and O–H groups in total. The van der Waals surface area contributed by atoms with Crippen LogP contribution in [0.1, 0.15) is 92.9 Å². The van der Waals surface area contributed by atoms with Gasteiger partial charge in [0.1, 0.15) is 17.8 Å². The second kappa shape index (κ2) is 10.4. The third-order valence-electron chi connectivity index (χ3n) is 11.5. The van der Waals surface area contributed by atoms with Gasteiger partial charge in [-0.2, -0.15) is 0 Å². The van der Waals surface area contributed by atoms with Gasteiger partial charge in [0.05, 0.1) is 18.3 Å². The highest BCUT2D eigenvalue weighted by Crippen LogP contribution is 2.79. The maximum Gasteiger partial charge on any atom is 0.306 e. The Labute approximate surface area is 247 Å². The molecule has 1 heterocycles. The van der Waals surface area contributed by atoms with Gasteiger partial charge < -0.3 is 34.6 Å². The van der Waals surface area contributed by atoms with Crippen LogP contribution in [0.25, 0.3) is 0 Å². The van der Waals surface area contributed by atoms with Gasteiger partial charge in [0.15, 0.2) is 17.0 Å². The molecule has 42 heavy (non-hydrogen) atoms. The van der Waals surface area contributed by atoms with Gasteiger partial charge in [0, 0.05) is 41.9 Å². The molecule has 10 nitrogen and oxygen atoms in total. The van der Waals surface area contributed by atoms with Crippen molar-refractivity contribution in [3.8, 4) is 0 Å². The number of fused-ring (bicyclic) bond motifs is 7. The van der Waals surface area contributed by atoms with Crippen molar-refractivity contribution in [2.75, 3.05) is 6.61 Å². The normalized spacial score (nSPS) is 45.9. The first-order chi connectivity index (χ1) is 19.7. The summed E-state index contributed by atoms with van der Waals surface area (Å²) >= 11 is 0. The van der Waals surface area contributed by atoms with Crippen LogP contribution >= 0.6 is 0 Å². The number of hydrogen-bond donors (Lipinski definition) is 4. The highest BCUT2D eigenvalue weighted by molar-refractivity contribution is 6.05. The van der Waals surface area contributed by atoms with Crippen molar-refractivity contribution in [1.82, 2.24) is 0 Å². The Morgan fingerprint density at radius 1 is 1.02 bits per heavy atom. The van der Waals surface area contributed by atoms with Crippen molar-refractivity contribution in [1.29, 1.82) is 0 Å². The predicted octanol–water partition coefficient (Wildman–Crippen LogP) is 2.37. The number of Topliss-reactive ketones (excluding diaryl/α,β-unsaturated/α-hetero) is 1. The fourth-order valence-corrected chi connectivity index (χ4v) is 9.15. The fraction of sp³-hybridized carbons (Fsp3) is 0.844. The number of epoxide rings is 1. The Kier molecular flexibility index (Phi) is 7.79. The largest absolute Gasteiger partial charge is 0.458 e. The maximum absolute atomic E-state index is 13.4. The van der Waals surface area contributed by atoms with Crippen molar-refractivity contribution in [3.05, 3.63) is 11.6 Å². The van der Waals surface area contributed by atoms with E-state index >= 15 is 0 Å². The number of ketones is 1. The molecule has 0 aromatic heterocycles. The van der Waals surface area contributed by atoms with E-state index in [4.69, 9.17) is 14.2 Å². The van der Waals surface area contributed by atoms with E-state index in [2.05, 4.69) is 0 Å². The minimum absolute atomic E-state index is 0.160. The molecular weight excluding hydrogens is 544 g/mol. The molecule has 10 heteroatoms. The molecule has 3 saturated carbocycles. The summed E-state index contributed by atoms with van der Waals surface area (Å²) in [5.74, 6) is -5.35. The van der Waals surface area contributed by atoms with Crippen LogP contribution < -0.4 is 0 Å². The first-order valence-corrected chi connectivity index (χ1v) is 15.7. The molecule has 1 saturated heterocycles. The van der Waals surface area contributed by atoms with E-state index in [0.29, 0.717) is 12.8 Å². The smallest absolute Gasteiger partial charge is 0.306 e. The summed E-state index contributed by atoms with van der Waals surface area (Å²) in [6.07, 6.45) is 2.81. The van der Waals surface area contributed by atoms with Gasteiger partial charge in [-0.3, -0.25) is 14.4 Å². The van der Waals surface area contributed by atoms with E-state index < -0.39 is 94.1 Å². The van der Waals surface area contributed by atoms with Gasteiger partial charge in [-0.05, 0) is 25.3 Å². The number of carbonyl (C=O) groups is 3. The van der Waals surface area contributed by atoms with E-state index in [0.717, 1.165) is 25.7 Å². The summed E-state index contributed by atoms with van der Waals surface area (Å²) in [4.78, 5) is 40.0. The van der Waals surface area contributed by atoms with Gasteiger partial charge >= 0.3 is 11.9 Å². The van der Waals surface area contributed by atoms with Crippen LogP contribution in [0, 0.1) is 29.1 Å². The topological polar surface area (TPSA) is 163 Å². The molecule has 0 aromatic carbocycles. The Balaban J connectivity index is 1.63. The molecular formula is C32H48O10. The van der Waals surface area contributed by atoms with Gasteiger partial charge in [0.2, 0.25) is 0 Å². The minimum atomic E-state index is -2.47. The van der Waals surface area contributed by atoms with Crippen LogP contribution in [-0.4, -0.2) is 85.5 Å². The summed E-state index contributed by atoms with van der Waals surface area (Å²) in [6.45, 7) is 10.4. The van der Waals surface area contributed by atoms with Crippen LogP contribution in [-0.2, 0) is 28.6 Å². The molecule has 0 spiro atoms. The summed E-state index contributed by atoms with van der Waals surface area (Å²) in [6, 6.07) is 0. The van der Waals surface area contributed by atoms with Gasteiger partial charge in [-0.1, -0.05) is 66.4 Å². The molecule has 1 aliphatic heterocycles. The van der Waals surface area contributed by atoms with Gasteiger partial charge in [-0.25, -0.2) is 0 Å². The van der Waals surface area contributed by atoms with E-state index in [1.54, 1.807) is 6.92 Å². The van der Waals surface area contributed by atoms with Crippen LogP contribution in [0.5, 0.6) is 0 Å². The van der Waals surface area contributed by atoms with Crippen molar-refractivity contribution in [2.24, 2.45) is 29.1 Å². The first-order valence-electron chi connectivity index (χ1n) is 15.7. The number of esters is 2. The number of aliphatic hydroxyl groups is 4. The Hall–Kier alpha value is -1.85. The highest BCUT2D eigenvalue weighted by atomic mass is 16.6. The molecule has 0 unspecified atom stereocenters. The van der Waals surface area contributed by atoms with Crippen molar-refractivity contribution in [2.45, 2.75) is 134 Å². The Morgan fingerprint density at radius 2 is 1.62 bits per heavy atom. The molecule has 4 fully saturated rings. The molecule has 5 aliphatic rings. The van der Waals surface area contributed by atoms with Crippen LogP contribution in [0.4, 0.5) is 0 Å². The highest BCUT2D eigenvalue weighted by Gasteiger charge is 2.93. The molecule has 0 aromatic rings. The predicted molar refractivity (Wildman–Crippen MR) is 150 cm³/mol. The second-order valence-corrected chi connectivity index (χ2v) is 14.0. The van der Waals surface area contributed by atoms with Crippen LogP contribution in [0.2, 0.25) is 0 Å².